The quantitative estimate of drug-likeness (QED) is 0.845. The predicted molar refractivity (Wildman–Crippen MR) is 76.1 cm³/mol. The van der Waals surface area contributed by atoms with E-state index in [1.165, 1.54) is 6.07 Å². The number of aromatic nitrogens is 2. The molecule has 2 aromatic rings. The molecule has 0 radical (unpaired) electrons. The molecule has 0 aliphatic carbocycles. The number of halogens is 5. The fraction of sp³-hybridized carbons (Fsp3) is 0.231. The number of rotatable bonds is 1. The van der Waals surface area contributed by atoms with E-state index < -0.39 is 17.8 Å². The summed E-state index contributed by atoms with van der Waals surface area (Å²) < 4.78 is 44.0. The average Bonchev–Trinajstić information content (AvgIpc) is 2.86. The molecule has 1 aromatic heterocycles. The van der Waals surface area contributed by atoms with Crippen molar-refractivity contribution in [2.45, 2.75) is 12.6 Å². The van der Waals surface area contributed by atoms with E-state index in [0.717, 1.165) is 6.07 Å². The maximum Gasteiger partial charge on any atom is 0.433 e. The molecule has 3 rings (SSSR count). The van der Waals surface area contributed by atoms with E-state index in [0.29, 0.717) is 34.9 Å². The maximum absolute atomic E-state index is 12.9. The van der Waals surface area contributed by atoms with Gasteiger partial charge in [0.2, 0.25) is 5.95 Å². The first kappa shape index (κ1) is 15.2. The Hall–Kier alpha value is -1.73. The Kier molecular flexibility index (Phi) is 3.57. The van der Waals surface area contributed by atoms with Crippen LogP contribution in [0.4, 0.5) is 19.1 Å². The molecule has 116 valence electrons. The van der Waals surface area contributed by atoms with Crippen LogP contribution in [-0.2, 0) is 12.6 Å². The lowest BCUT2D eigenvalue weighted by Gasteiger charge is -2.13. The van der Waals surface area contributed by atoms with Crippen molar-refractivity contribution in [3.8, 4) is 17.0 Å². The number of nitrogen functional groups attached to an aromatic ring is 1. The number of benzene rings is 1. The number of nitrogens with two attached hydrogens (primary N) is 1. The zero-order valence-corrected chi connectivity index (χ0v) is 12.4. The molecule has 0 amide bonds. The molecule has 1 aliphatic rings. The predicted octanol–water partition coefficient (Wildman–Crippen LogP) is 3.99. The van der Waals surface area contributed by atoms with Gasteiger partial charge in [-0.2, -0.15) is 13.2 Å². The molecule has 0 fully saturated rings. The van der Waals surface area contributed by atoms with Gasteiger partial charge in [-0.25, -0.2) is 9.97 Å². The van der Waals surface area contributed by atoms with E-state index in [1.54, 1.807) is 0 Å². The first-order chi connectivity index (χ1) is 10.3. The first-order valence-electron chi connectivity index (χ1n) is 6.13. The molecule has 22 heavy (non-hydrogen) atoms. The highest BCUT2D eigenvalue weighted by atomic mass is 35.5. The summed E-state index contributed by atoms with van der Waals surface area (Å²) in [7, 11) is 0. The minimum absolute atomic E-state index is 0.0109. The lowest BCUT2D eigenvalue weighted by molar-refractivity contribution is -0.141. The summed E-state index contributed by atoms with van der Waals surface area (Å²) in [5.41, 5.74) is 5.20. The van der Waals surface area contributed by atoms with Gasteiger partial charge in [-0.15, -0.1) is 0 Å². The van der Waals surface area contributed by atoms with E-state index in [4.69, 9.17) is 33.7 Å². The summed E-state index contributed by atoms with van der Waals surface area (Å²) in [6, 6.07) is 2.22. The minimum Gasteiger partial charge on any atom is -0.491 e. The Morgan fingerprint density at radius 3 is 2.55 bits per heavy atom. The molecule has 0 saturated heterocycles. The number of ether oxygens (including phenoxy) is 1. The van der Waals surface area contributed by atoms with Crippen LogP contribution in [-0.4, -0.2) is 16.6 Å². The number of hydrogen-bond acceptors (Lipinski definition) is 4. The monoisotopic (exact) mass is 349 g/mol. The summed E-state index contributed by atoms with van der Waals surface area (Å²) in [5, 5.41) is 0.486. The van der Waals surface area contributed by atoms with Crippen LogP contribution in [0.3, 0.4) is 0 Å². The molecule has 0 spiro atoms. The summed E-state index contributed by atoms with van der Waals surface area (Å²) in [5.74, 6) is -0.0738. The zero-order chi connectivity index (χ0) is 16.1. The van der Waals surface area contributed by atoms with Crippen molar-refractivity contribution in [2.24, 2.45) is 0 Å². The van der Waals surface area contributed by atoms with Crippen molar-refractivity contribution in [3.63, 3.8) is 0 Å². The number of fused-ring (bicyclic) bond motifs is 1. The summed E-state index contributed by atoms with van der Waals surface area (Å²) >= 11 is 12.2. The van der Waals surface area contributed by atoms with E-state index in [9.17, 15) is 13.2 Å². The minimum atomic E-state index is -4.63. The highest BCUT2D eigenvalue weighted by molar-refractivity contribution is 6.37. The first-order valence-corrected chi connectivity index (χ1v) is 6.88. The fourth-order valence-electron chi connectivity index (χ4n) is 2.32. The molecule has 2 heterocycles. The maximum atomic E-state index is 12.9. The SMILES string of the molecule is Nc1nc(-c2c(Cl)cc(Cl)c3c2CCO3)cc(C(F)(F)F)n1. The molecule has 1 aliphatic heterocycles. The molecule has 0 bridgehead atoms. The summed E-state index contributed by atoms with van der Waals surface area (Å²) in [6.45, 7) is 0.370. The van der Waals surface area contributed by atoms with Crippen LogP contribution >= 0.6 is 23.2 Å². The van der Waals surface area contributed by atoms with Gasteiger partial charge >= 0.3 is 6.18 Å². The van der Waals surface area contributed by atoms with Crippen LogP contribution in [0.1, 0.15) is 11.3 Å². The number of hydrogen-bond donors (Lipinski definition) is 1. The van der Waals surface area contributed by atoms with Crippen LogP contribution in [0.25, 0.3) is 11.3 Å². The third kappa shape index (κ3) is 2.55. The third-order valence-corrected chi connectivity index (χ3v) is 3.75. The van der Waals surface area contributed by atoms with Gasteiger partial charge in [-0.3, -0.25) is 0 Å². The molecule has 2 N–H and O–H groups in total. The molecule has 9 heteroatoms. The van der Waals surface area contributed by atoms with E-state index in [-0.39, 0.29) is 10.7 Å². The second-order valence-corrected chi connectivity index (χ2v) is 5.43. The van der Waals surface area contributed by atoms with Gasteiger partial charge in [0.25, 0.3) is 0 Å². The van der Waals surface area contributed by atoms with Crippen LogP contribution in [0, 0.1) is 0 Å². The molecular weight excluding hydrogens is 342 g/mol. The lowest BCUT2D eigenvalue weighted by atomic mass is 10.0. The Morgan fingerprint density at radius 1 is 1.14 bits per heavy atom. The van der Waals surface area contributed by atoms with Gasteiger partial charge in [-0.1, -0.05) is 23.2 Å². The van der Waals surface area contributed by atoms with Crippen LogP contribution in [0.15, 0.2) is 12.1 Å². The Bertz CT molecular complexity index is 765. The van der Waals surface area contributed by atoms with Crippen molar-refractivity contribution in [1.82, 2.24) is 9.97 Å². The smallest absolute Gasteiger partial charge is 0.433 e. The van der Waals surface area contributed by atoms with Crippen LogP contribution in [0.2, 0.25) is 10.0 Å². The van der Waals surface area contributed by atoms with E-state index >= 15 is 0 Å². The van der Waals surface area contributed by atoms with Gasteiger partial charge in [0, 0.05) is 17.5 Å². The van der Waals surface area contributed by atoms with Crippen LogP contribution in [0.5, 0.6) is 5.75 Å². The molecule has 4 nitrogen and oxygen atoms in total. The van der Waals surface area contributed by atoms with Gasteiger partial charge in [0.15, 0.2) is 5.69 Å². The third-order valence-electron chi connectivity index (χ3n) is 3.17. The zero-order valence-electron chi connectivity index (χ0n) is 10.8. The van der Waals surface area contributed by atoms with Crippen LogP contribution < -0.4 is 10.5 Å². The topological polar surface area (TPSA) is 61.0 Å². The second kappa shape index (κ2) is 5.17. The lowest BCUT2D eigenvalue weighted by Crippen LogP contribution is -2.11. The molecule has 0 atom stereocenters. The summed E-state index contributed by atoms with van der Waals surface area (Å²) in [4.78, 5) is 7.08. The average molecular weight is 350 g/mol. The number of nitrogens with zero attached hydrogens (tertiary/aromatic N) is 2. The molecule has 0 saturated carbocycles. The normalized spacial score (nSPS) is 13.9. The van der Waals surface area contributed by atoms with Crippen molar-refractivity contribution in [1.29, 1.82) is 0 Å². The molecule has 1 aromatic carbocycles. The number of anilines is 1. The Morgan fingerprint density at radius 2 is 1.86 bits per heavy atom. The fourth-order valence-corrected chi connectivity index (χ4v) is 2.97. The van der Waals surface area contributed by atoms with Gasteiger partial charge in [0.05, 0.1) is 22.3 Å². The summed E-state index contributed by atoms with van der Waals surface area (Å²) in [6.07, 6.45) is -4.17. The second-order valence-electron chi connectivity index (χ2n) is 4.62. The number of alkyl halides is 3. The Labute approximate surface area is 133 Å². The van der Waals surface area contributed by atoms with E-state index in [2.05, 4.69) is 9.97 Å². The highest BCUT2D eigenvalue weighted by Gasteiger charge is 2.34. The van der Waals surface area contributed by atoms with Crippen molar-refractivity contribution in [2.75, 3.05) is 12.3 Å². The van der Waals surface area contributed by atoms with Gasteiger partial charge in [-0.05, 0) is 12.1 Å². The van der Waals surface area contributed by atoms with E-state index in [1.807, 2.05) is 0 Å². The van der Waals surface area contributed by atoms with Crippen molar-refractivity contribution >= 4 is 29.2 Å². The largest absolute Gasteiger partial charge is 0.491 e. The standard InChI is InChI=1S/C13H8Cl2F3N3O/c14-6-3-7(15)11-5(1-2-22-11)10(6)8-4-9(13(16,17)18)21-12(19)20-8/h3-4H,1-2H2,(H2,19,20,21). The van der Waals surface area contributed by atoms with Crippen molar-refractivity contribution in [3.05, 3.63) is 33.4 Å². The van der Waals surface area contributed by atoms with Gasteiger partial charge < -0.3 is 10.5 Å². The van der Waals surface area contributed by atoms with Crippen molar-refractivity contribution < 1.29 is 17.9 Å². The molecular formula is C13H8Cl2F3N3O. The molecule has 0 unspecified atom stereocenters. The van der Waals surface area contributed by atoms with Gasteiger partial charge in [0.1, 0.15) is 5.75 Å². The highest BCUT2D eigenvalue weighted by Crippen LogP contribution is 2.44. The Balaban J connectivity index is 2.25.